The highest BCUT2D eigenvalue weighted by Gasteiger charge is 2.29. The SMILES string of the molecule is O=C(Nc1ccc(C(F)(F)F)cc1)Nc1cn[nH]c1. The van der Waals surface area contributed by atoms with Crippen molar-refractivity contribution in [1.29, 1.82) is 0 Å². The first-order valence-corrected chi connectivity index (χ1v) is 5.19. The molecule has 5 nitrogen and oxygen atoms in total. The predicted molar refractivity (Wildman–Crippen MR) is 62.7 cm³/mol. The van der Waals surface area contributed by atoms with Crippen molar-refractivity contribution >= 4 is 17.4 Å². The zero-order valence-corrected chi connectivity index (χ0v) is 9.45. The molecular formula is C11H9F3N4O. The molecule has 1 aromatic carbocycles. The standard InChI is InChI=1S/C11H9F3N4O/c12-11(13,14)7-1-3-8(4-2-7)17-10(19)18-9-5-15-16-6-9/h1-6H,(H,15,16)(H2,17,18,19). The number of rotatable bonds is 2. The zero-order valence-electron chi connectivity index (χ0n) is 9.45. The zero-order chi connectivity index (χ0) is 13.9. The summed E-state index contributed by atoms with van der Waals surface area (Å²) in [4.78, 5) is 11.5. The van der Waals surface area contributed by atoms with E-state index in [-0.39, 0.29) is 5.69 Å². The first-order valence-electron chi connectivity index (χ1n) is 5.19. The second kappa shape index (κ2) is 5.01. The molecule has 0 aliphatic rings. The Kier molecular flexibility index (Phi) is 3.41. The Labute approximate surface area is 105 Å². The molecule has 1 heterocycles. The van der Waals surface area contributed by atoms with E-state index in [2.05, 4.69) is 20.8 Å². The van der Waals surface area contributed by atoms with Crippen LogP contribution in [0, 0.1) is 0 Å². The molecule has 2 aromatic rings. The highest BCUT2D eigenvalue weighted by Crippen LogP contribution is 2.29. The maximum atomic E-state index is 12.3. The number of nitrogens with zero attached hydrogens (tertiary/aromatic N) is 1. The lowest BCUT2D eigenvalue weighted by Crippen LogP contribution is -2.19. The van der Waals surface area contributed by atoms with Crippen molar-refractivity contribution in [3.05, 3.63) is 42.2 Å². The van der Waals surface area contributed by atoms with Gasteiger partial charge in [0.05, 0.1) is 17.4 Å². The van der Waals surface area contributed by atoms with Crippen LogP contribution in [-0.2, 0) is 6.18 Å². The third-order valence-electron chi connectivity index (χ3n) is 2.23. The number of nitrogens with one attached hydrogen (secondary N) is 3. The lowest BCUT2D eigenvalue weighted by Gasteiger charge is -2.09. The van der Waals surface area contributed by atoms with Gasteiger partial charge in [-0.2, -0.15) is 18.3 Å². The van der Waals surface area contributed by atoms with Crippen molar-refractivity contribution in [3.8, 4) is 0 Å². The Balaban J connectivity index is 1.98. The van der Waals surface area contributed by atoms with Gasteiger partial charge in [-0.05, 0) is 24.3 Å². The Morgan fingerprint density at radius 3 is 2.26 bits per heavy atom. The number of alkyl halides is 3. The molecule has 0 bridgehead atoms. The van der Waals surface area contributed by atoms with Crippen molar-refractivity contribution < 1.29 is 18.0 Å². The summed E-state index contributed by atoms with van der Waals surface area (Å²) in [5.41, 5.74) is -0.0632. The van der Waals surface area contributed by atoms with Crippen molar-refractivity contribution in [1.82, 2.24) is 10.2 Å². The van der Waals surface area contributed by atoms with Crippen LogP contribution in [0.2, 0.25) is 0 Å². The van der Waals surface area contributed by atoms with Gasteiger partial charge in [-0.3, -0.25) is 5.10 Å². The van der Waals surface area contributed by atoms with E-state index in [9.17, 15) is 18.0 Å². The van der Waals surface area contributed by atoms with Crippen LogP contribution in [0.25, 0.3) is 0 Å². The fourth-order valence-corrected chi connectivity index (χ4v) is 1.36. The van der Waals surface area contributed by atoms with E-state index in [1.165, 1.54) is 24.5 Å². The number of aromatic amines is 1. The van der Waals surface area contributed by atoms with Gasteiger partial charge < -0.3 is 10.6 Å². The fourth-order valence-electron chi connectivity index (χ4n) is 1.36. The van der Waals surface area contributed by atoms with E-state index >= 15 is 0 Å². The van der Waals surface area contributed by atoms with Crippen LogP contribution in [0.4, 0.5) is 29.3 Å². The van der Waals surface area contributed by atoms with Crippen LogP contribution in [0.1, 0.15) is 5.56 Å². The number of benzene rings is 1. The first kappa shape index (κ1) is 12.9. The predicted octanol–water partition coefficient (Wildman–Crippen LogP) is 3.07. The number of hydrogen-bond donors (Lipinski definition) is 3. The molecule has 0 aliphatic heterocycles. The average Bonchev–Trinajstić information content (AvgIpc) is 2.81. The monoisotopic (exact) mass is 270 g/mol. The second-order valence-corrected chi connectivity index (χ2v) is 3.64. The largest absolute Gasteiger partial charge is 0.416 e. The van der Waals surface area contributed by atoms with Crippen molar-refractivity contribution in [3.63, 3.8) is 0 Å². The van der Waals surface area contributed by atoms with Gasteiger partial charge >= 0.3 is 12.2 Å². The summed E-state index contributed by atoms with van der Waals surface area (Å²) in [5.74, 6) is 0. The Morgan fingerprint density at radius 2 is 1.74 bits per heavy atom. The number of carbonyl (C=O) groups excluding carboxylic acids is 1. The lowest BCUT2D eigenvalue weighted by atomic mass is 10.2. The number of aromatic nitrogens is 2. The average molecular weight is 270 g/mol. The van der Waals surface area contributed by atoms with Gasteiger partial charge in [-0.1, -0.05) is 0 Å². The maximum absolute atomic E-state index is 12.3. The first-order chi connectivity index (χ1) is 8.95. The number of carbonyl (C=O) groups is 1. The summed E-state index contributed by atoms with van der Waals surface area (Å²) >= 11 is 0. The van der Waals surface area contributed by atoms with Gasteiger partial charge in [0.2, 0.25) is 0 Å². The summed E-state index contributed by atoms with van der Waals surface area (Å²) in [5, 5.41) is 11.0. The van der Waals surface area contributed by atoms with Gasteiger partial charge in [-0.25, -0.2) is 4.79 Å². The van der Waals surface area contributed by atoms with Crippen LogP contribution in [-0.4, -0.2) is 16.2 Å². The molecule has 0 aliphatic carbocycles. The van der Waals surface area contributed by atoms with Crippen molar-refractivity contribution in [2.24, 2.45) is 0 Å². The number of anilines is 2. The quantitative estimate of drug-likeness (QED) is 0.784. The Morgan fingerprint density at radius 1 is 1.11 bits per heavy atom. The highest BCUT2D eigenvalue weighted by molar-refractivity contribution is 5.99. The molecule has 0 atom stereocenters. The summed E-state index contributed by atoms with van der Waals surface area (Å²) in [7, 11) is 0. The van der Waals surface area contributed by atoms with Crippen molar-refractivity contribution in [2.75, 3.05) is 10.6 Å². The lowest BCUT2D eigenvalue weighted by molar-refractivity contribution is -0.137. The molecule has 3 N–H and O–H groups in total. The molecule has 0 spiro atoms. The molecule has 0 saturated carbocycles. The van der Waals surface area contributed by atoms with Crippen LogP contribution in [0.3, 0.4) is 0 Å². The molecular weight excluding hydrogens is 261 g/mol. The minimum Gasteiger partial charge on any atom is -0.308 e. The van der Waals surface area contributed by atoms with Gasteiger partial charge in [-0.15, -0.1) is 0 Å². The van der Waals surface area contributed by atoms with Gasteiger partial charge in [0.15, 0.2) is 0 Å². The number of H-pyrrole nitrogens is 1. The van der Waals surface area contributed by atoms with Gasteiger partial charge in [0.25, 0.3) is 0 Å². The number of urea groups is 1. The van der Waals surface area contributed by atoms with Crippen LogP contribution in [0.15, 0.2) is 36.7 Å². The normalized spacial score (nSPS) is 11.1. The number of amides is 2. The number of halogens is 3. The van der Waals surface area contributed by atoms with E-state index < -0.39 is 17.8 Å². The minimum absolute atomic E-state index is 0.258. The van der Waals surface area contributed by atoms with E-state index in [4.69, 9.17) is 0 Å². The Bertz CT molecular complexity index is 548. The molecule has 0 saturated heterocycles. The second-order valence-electron chi connectivity index (χ2n) is 3.64. The molecule has 0 radical (unpaired) electrons. The third kappa shape index (κ3) is 3.47. The summed E-state index contributed by atoms with van der Waals surface area (Å²) in [6, 6.07) is 3.58. The number of hydrogen-bond acceptors (Lipinski definition) is 2. The maximum Gasteiger partial charge on any atom is 0.416 e. The highest BCUT2D eigenvalue weighted by atomic mass is 19.4. The van der Waals surface area contributed by atoms with Crippen LogP contribution >= 0.6 is 0 Å². The van der Waals surface area contributed by atoms with Crippen LogP contribution < -0.4 is 10.6 Å². The Hall–Kier alpha value is -2.51. The molecule has 100 valence electrons. The molecule has 8 heteroatoms. The summed E-state index contributed by atoms with van der Waals surface area (Å²) in [6.07, 6.45) is -1.53. The third-order valence-corrected chi connectivity index (χ3v) is 2.23. The van der Waals surface area contributed by atoms with Crippen molar-refractivity contribution in [2.45, 2.75) is 6.18 Å². The minimum atomic E-state index is -4.39. The fraction of sp³-hybridized carbons (Fsp3) is 0.0909. The smallest absolute Gasteiger partial charge is 0.308 e. The molecule has 0 unspecified atom stereocenters. The van der Waals surface area contributed by atoms with Gasteiger partial charge in [0, 0.05) is 11.9 Å². The van der Waals surface area contributed by atoms with E-state index in [1.54, 1.807) is 0 Å². The van der Waals surface area contributed by atoms with Gasteiger partial charge in [0.1, 0.15) is 0 Å². The molecule has 1 aromatic heterocycles. The van der Waals surface area contributed by atoms with Crippen LogP contribution in [0.5, 0.6) is 0 Å². The topological polar surface area (TPSA) is 69.8 Å². The van der Waals surface area contributed by atoms with E-state index in [1.807, 2.05) is 0 Å². The van der Waals surface area contributed by atoms with E-state index in [0.717, 1.165) is 12.1 Å². The molecule has 0 fully saturated rings. The molecule has 2 rings (SSSR count). The van der Waals surface area contributed by atoms with E-state index in [0.29, 0.717) is 5.69 Å². The molecule has 19 heavy (non-hydrogen) atoms. The summed E-state index contributed by atoms with van der Waals surface area (Å²) in [6.45, 7) is 0. The summed E-state index contributed by atoms with van der Waals surface area (Å²) < 4.78 is 37.0. The molecule has 2 amide bonds.